The molecule has 3 nitrogen and oxygen atoms in total. The Morgan fingerprint density at radius 3 is 2.68 bits per heavy atom. The number of hydrogen-bond donors (Lipinski definition) is 2. The van der Waals surface area contributed by atoms with Gasteiger partial charge in [0.2, 0.25) is 5.91 Å². The molecule has 0 aromatic heterocycles. The fraction of sp³-hybridized carbons (Fsp3) is 0.500. The molecule has 1 rings (SSSR count). The Morgan fingerprint density at radius 1 is 1.42 bits per heavy atom. The maximum atomic E-state index is 13.0. The van der Waals surface area contributed by atoms with Crippen molar-refractivity contribution < 1.29 is 9.18 Å². The van der Waals surface area contributed by atoms with Crippen LogP contribution in [-0.2, 0) is 11.2 Å². The van der Waals surface area contributed by atoms with E-state index < -0.39 is 0 Å². The van der Waals surface area contributed by atoms with Crippen LogP contribution in [0.4, 0.5) is 4.39 Å². The van der Waals surface area contributed by atoms with Crippen LogP contribution in [-0.4, -0.2) is 18.5 Å². The standard InChI is InChI=1S/C14H21FN2O.ClH/c1-10(14(18)17-11(2)9-16)6-7-12-4-3-5-13(15)8-12;/h3-5,8,10-11H,6-7,9,16H2,1-2H3,(H,17,18);1H/t10?,11-;/m0./s1. The highest BCUT2D eigenvalue weighted by Crippen LogP contribution is 2.11. The van der Waals surface area contributed by atoms with E-state index in [4.69, 9.17) is 5.73 Å². The Morgan fingerprint density at radius 2 is 2.11 bits per heavy atom. The van der Waals surface area contributed by atoms with Crippen molar-refractivity contribution in [3.8, 4) is 0 Å². The van der Waals surface area contributed by atoms with Crippen molar-refractivity contribution in [1.29, 1.82) is 0 Å². The van der Waals surface area contributed by atoms with Crippen LogP contribution in [0, 0.1) is 11.7 Å². The van der Waals surface area contributed by atoms with E-state index >= 15 is 0 Å². The normalized spacial score (nSPS) is 13.3. The minimum Gasteiger partial charge on any atom is -0.352 e. The van der Waals surface area contributed by atoms with Gasteiger partial charge < -0.3 is 11.1 Å². The van der Waals surface area contributed by atoms with Crippen LogP contribution in [0.2, 0.25) is 0 Å². The van der Waals surface area contributed by atoms with E-state index in [0.717, 1.165) is 5.56 Å². The van der Waals surface area contributed by atoms with Crippen LogP contribution in [0.1, 0.15) is 25.8 Å². The lowest BCUT2D eigenvalue weighted by atomic mass is 10.00. The van der Waals surface area contributed by atoms with Gasteiger partial charge in [-0.25, -0.2) is 4.39 Å². The minimum absolute atomic E-state index is 0. The van der Waals surface area contributed by atoms with Gasteiger partial charge in [-0.1, -0.05) is 19.1 Å². The quantitative estimate of drug-likeness (QED) is 0.844. The molecule has 2 atom stereocenters. The van der Waals surface area contributed by atoms with E-state index in [1.165, 1.54) is 12.1 Å². The molecule has 0 aliphatic carbocycles. The third-order valence-electron chi connectivity index (χ3n) is 2.94. The van der Waals surface area contributed by atoms with Gasteiger partial charge >= 0.3 is 0 Å². The number of nitrogens with two attached hydrogens (primary N) is 1. The summed E-state index contributed by atoms with van der Waals surface area (Å²) < 4.78 is 13.0. The van der Waals surface area contributed by atoms with Crippen molar-refractivity contribution in [1.82, 2.24) is 5.32 Å². The second-order valence-corrected chi connectivity index (χ2v) is 4.71. The monoisotopic (exact) mass is 288 g/mol. The summed E-state index contributed by atoms with van der Waals surface area (Å²) in [7, 11) is 0. The molecule has 0 radical (unpaired) electrons. The van der Waals surface area contributed by atoms with Gasteiger partial charge in [0.05, 0.1) is 0 Å². The van der Waals surface area contributed by atoms with E-state index in [0.29, 0.717) is 19.4 Å². The first-order valence-electron chi connectivity index (χ1n) is 6.27. The maximum absolute atomic E-state index is 13.0. The van der Waals surface area contributed by atoms with Crippen LogP contribution in [0.25, 0.3) is 0 Å². The Kier molecular flexibility index (Phi) is 8.35. The Bertz CT molecular complexity index is 401. The van der Waals surface area contributed by atoms with Crippen molar-refractivity contribution >= 4 is 18.3 Å². The highest BCUT2D eigenvalue weighted by molar-refractivity contribution is 5.85. The Hall–Kier alpha value is -1.13. The van der Waals surface area contributed by atoms with Gasteiger partial charge in [-0.2, -0.15) is 0 Å². The second-order valence-electron chi connectivity index (χ2n) is 4.71. The molecule has 1 unspecified atom stereocenters. The molecule has 3 N–H and O–H groups in total. The van der Waals surface area contributed by atoms with Crippen LogP contribution < -0.4 is 11.1 Å². The zero-order valence-electron chi connectivity index (χ0n) is 11.4. The molecule has 0 saturated carbocycles. The number of benzene rings is 1. The summed E-state index contributed by atoms with van der Waals surface area (Å²) >= 11 is 0. The number of carbonyl (C=O) groups is 1. The SMILES string of the molecule is CC(CCc1cccc(F)c1)C(=O)N[C@@H](C)CN.Cl. The van der Waals surface area contributed by atoms with Gasteiger partial charge in [0.1, 0.15) is 5.82 Å². The van der Waals surface area contributed by atoms with Crippen LogP contribution in [0.15, 0.2) is 24.3 Å². The van der Waals surface area contributed by atoms with Crippen LogP contribution in [0.3, 0.4) is 0 Å². The van der Waals surface area contributed by atoms with E-state index in [-0.39, 0.29) is 36.1 Å². The molecule has 0 aliphatic heterocycles. The molecule has 0 aliphatic rings. The molecule has 1 aromatic rings. The van der Waals surface area contributed by atoms with Crippen LogP contribution in [0.5, 0.6) is 0 Å². The maximum Gasteiger partial charge on any atom is 0.223 e. The van der Waals surface area contributed by atoms with Gasteiger partial charge in [0.15, 0.2) is 0 Å². The first-order valence-corrected chi connectivity index (χ1v) is 6.27. The zero-order chi connectivity index (χ0) is 13.5. The fourth-order valence-corrected chi connectivity index (χ4v) is 1.65. The predicted molar refractivity (Wildman–Crippen MR) is 77.8 cm³/mol. The van der Waals surface area contributed by atoms with Crippen molar-refractivity contribution in [2.75, 3.05) is 6.54 Å². The molecule has 19 heavy (non-hydrogen) atoms. The van der Waals surface area contributed by atoms with Crippen molar-refractivity contribution in [2.45, 2.75) is 32.7 Å². The molecule has 1 aromatic carbocycles. The fourth-order valence-electron chi connectivity index (χ4n) is 1.65. The van der Waals surface area contributed by atoms with Crippen molar-refractivity contribution in [3.05, 3.63) is 35.6 Å². The van der Waals surface area contributed by atoms with E-state index in [1.807, 2.05) is 19.9 Å². The number of amides is 1. The Balaban J connectivity index is 0.00000324. The third-order valence-corrected chi connectivity index (χ3v) is 2.94. The molecule has 0 saturated heterocycles. The molecule has 1 amide bonds. The van der Waals surface area contributed by atoms with Gasteiger partial charge in [-0.15, -0.1) is 12.4 Å². The third kappa shape index (κ3) is 6.55. The van der Waals surface area contributed by atoms with E-state index in [9.17, 15) is 9.18 Å². The van der Waals surface area contributed by atoms with Gasteiger partial charge in [0, 0.05) is 18.5 Å². The second kappa shape index (κ2) is 8.88. The van der Waals surface area contributed by atoms with Gasteiger partial charge in [-0.3, -0.25) is 4.79 Å². The van der Waals surface area contributed by atoms with E-state index in [2.05, 4.69) is 5.32 Å². The molecular formula is C14H22ClFN2O. The molecule has 5 heteroatoms. The highest BCUT2D eigenvalue weighted by atomic mass is 35.5. The first-order chi connectivity index (χ1) is 8.52. The molecule has 0 spiro atoms. The number of hydrogen-bond acceptors (Lipinski definition) is 2. The summed E-state index contributed by atoms with van der Waals surface area (Å²) in [5, 5.41) is 2.84. The smallest absolute Gasteiger partial charge is 0.223 e. The summed E-state index contributed by atoms with van der Waals surface area (Å²) in [5.74, 6) is -0.326. The number of nitrogens with one attached hydrogen (secondary N) is 1. The number of halogens is 2. The summed E-state index contributed by atoms with van der Waals surface area (Å²) in [6.45, 7) is 4.18. The molecule has 0 bridgehead atoms. The molecular weight excluding hydrogens is 267 g/mol. The average Bonchev–Trinajstić information content (AvgIpc) is 2.35. The number of rotatable bonds is 6. The molecule has 0 fully saturated rings. The van der Waals surface area contributed by atoms with Crippen molar-refractivity contribution in [3.63, 3.8) is 0 Å². The predicted octanol–water partition coefficient (Wildman–Crippen LogP) is 2.28. The number of carbonyl (C=O) groups excluding carboxylic acids is 1. The highest BCUT2D eigenvalue weighted by Gasteiger charge is 2.14. The first kappa shape index (κ1) is 17.9. The van der Waals surface area contributed by atoms with Crippen molar-refractivity contribution in [2.24, 2.45) is 11.7 Å². The van der Waals surface area contributed by atoms with Gasteiger partial charge in [0.25, 0.3) is 0 Å². The lowest BCUT2D eigenvalue weighted by molar-refractivity contribution is -0.125. The number of aryl methyl sites for hydroxylation is 1. The minimum atomic E-state index is -0.235. The molecule has 108 valence electrons. The summed E-state index contributed by atoms with van der Waals surface area (Å²) in [6, 6.07) is 6.48. The summed E-state index contributed by atoms with van der Waals surface area (Å²) in [4.78, 5) is 11.8. The summed E-state index contributed by atoms with van der Waals surface area (Å²) in [5.41, 5.74) is 6.36. The Labute approximate surface area is 120 Å². The average molecular weight is 289 g/mol. The largest absolute Gasteiger partial charge is 0.352 e. The molecule has 0 heterocycles. The van der Waals surface area contributed by atoms with Crippen LogP contribution >= 0.6 is 12.4 Å². The topological polar surface area (TPSA) is 55.1 Å². The zero-order valence-corrected chi connectivity index (χ0v) is 12.2. The van der Waals surface area contributed by atoms with E-state index in [1.54, 1.807) is 6.07 Å². The van der Waals surface area contributed by atoms with Gasteiger partial charge in [-0.05, 0) is 37.5 Å². The lowest BCUT2D eigenvalue weighted by Gasteiger charge is -2.16. The summed E-state index contributed by atoms with van der Waals surface area (Å²) in [6.07, 6.45) is 1.40. The lowest BCUT2D eigenvalue weighted by Crippen LogP contribution is -2.40.